The molecule has 0 aromatic heterocycles. The Morgan fingerprint density at radius 3 is 3.00 bits per heavy atom. The molecule has 0 radical (unpaired) electrons. The maximum absolute atomic E-state index is 11.3. The molecule has 110 valence electrons. The molecule has 1 atom stereocenters. The summed E-state index contributed by atoms with van der Waals surface area (Å²) in [4.78, 5) is 13.1. The third-order valence-corrected chi connectivity index (χ3v) is 3.81. The third kappa shape index (κ3) is 3.01. The number of anilines is 1. The van der Waals surface area contributed by atoms with Gasteiger partial charge in [-0.3, -0.25) is 10.1 Å². The molecule has 1 aliphatic rings. The molecule has 0 saturated carbocycles. The van der Waals surface area contributed by atoms with E-state index in [9.17, 15) is 10.1 Å². The van der Waals surface area contributed by atoms with Crippen LogP contribution in [0.1, 0.15) is 19.3 Å². The summed E-state index contributed by atoms with van der Waals surface area (Å²) in [7, 11) is 1.46. The molecule has 1 saturated heterocycles. The van der Waals surface area contributed by atoms with Gasteiger partial charge in [-0.25, -0.2) is 0 Å². The number of piperidine rings is 1. The Labute approximate surface area is 118 Å². The highest BCUT2D eigenvalue weighted by atomic mass is 16.6. The quantitative estimate of drug-likeness (QED) is 0.660. The van der Waals surface area contributed by atoms with Crippen LogP contribution in [0.3, 0.4) is 0 Å². The van der Waals surface area contributed by atoms with Crippen molar-refractivity contribution in [3.8, 4) is 5.75 Å². The van der Waals surface area contributed by atoms with Crippen molar-refractivity contribution in [2.24, 2.45) is 11.7 Å². The number of hydrogen-bond donors (Lipinski definition) is 1. The SMILES string of the molecule is COc1cccc(N2CCCC(CCN)C2)c1[N+](=O)[O-]. The number of ether oxygens (including phenoxy) is 1. The minimum absolute atomic E-state index is 0.0587. The summed E-state index contributed by atoms with van der Waals surface area (Å²) in [6, 6.07) is 5.22. The van der Waals surface area contributed by atoms with Gasteiger partial charge in [0.15, 0.2) is 5.75 Å². The number of nitrogens with zero attached hydrogens (tertiary/aromatic N) is 2. The summed E-state index contributed by atoms with van der Waals surface area (Å²) in [5, 5.41) is 11.3. The number of benzene rings is 1. The largest absolute Gasteiger partial charge is 0.490 e. The molecule has 1 aromatic rings. The smallest absolute Gasteiger partial charge is 0.333 e. The van der Waals surface area contributed by atoms with E-state index in [2.05, 4.69) is 4.90 Å². The zero-order valence-corrected chi connectivity index (χ0v) is 11.7. The molecule has 2 rings (SSSR count). The predicted molar refractivity (Wildman–Crippen MR) is 78.3 cm³/mol. The molecule has 1 aromatic carbocycles. The van der Waals surface area contributed by atoms with E-state index in [0.717, 1.165) is 32.4 Å². The molecular weight excluding hydrogens is 258 g/mol. The molecule has 0 bridgehead atoms. The van der Waals surface area contributed by atoms with Gasteiger partial charge in [-0.05, 0) is 43.9 Å². The van der Waals surface area contributed by atoms with Gasteiger partial charge in [0.2, 0.25) is 0 Å². The molecule has 0 amide bonds. The van der Waals surface area contributed by atoms with Gasteiger partial charge in [0.05, 0.1) is 12.0 Å². The van der Waals surface area contributed by atoms with Crippen molar-refractivity contribution in [2.75, 3.05) is 31.6 Å². The second-order valence-corrected chi connectivity index (χ2v) is 5.12. The molecule has 2 N–H and O–H groups in total. The molecule has 1 unspecified atom stereocenters. The fourth-order valence-corrected chi connectivity index (χ4v) is 2.87. The van der Waals surface area contributed by atoms with E-state index < -0.39 is 0 Å². The lowest BCUT2D eigenvalue weighted by Gasteiger charge is -2.34. The van der Waals surface area contributed by atoms with E-state index >= 15 is 0 Å². The van der Waals surface area contributed by atoms with Gasteiger partial charge >= 0.3 is 5.69 Å². The Morgan fingerprint density at radius 2 is 2.35 bits per heavy atom. The Kier molecular flexibility index (Phi) is 4.79. The fourth-order valence-electron chi connectivity index (χ4n) is 2.87. The lowest BCUT2D eigenvalue weighted by Crippen LogP contribution is -2.36. The minimum Gasteiger partial charge on any atom is -0.490 e. The van der Waals surface area contributed by atoms with Crippen molar-refractivity contribution >= 4 is 11.4 Å². The monoisotopic (exact) mass is 279 g/mol. The zero-order valence-electron chi connectivity index (χ0n) is 11.7. The lowest BCUT2D eigenvalue weighted by atomic mass is 9.94. The number of para-hydroxylation sites is 1. The maximum atomic E-state index is 11.3. The van der Waals surface area contributed by atoms with Crippen LogP contribution in [0.25, 0.3) is 0 Å². The average molecular weight is 279 g/mol. The number of rotatable bonds is 5. The summed E-state index contributed by atoms with van der Waals surface area (Å²) >= 11 is 0. The van der Waals surface area contributed by atoms with Crippen LogP contribution in [-0.4, -0.2) is 31.7 Å². The Morgan fingerprint density at radius 1 is 1.55 bits per heavy atom. The van der Waals surface area contributed by atoms with Gasteiger partial charge in [-0.15, -0.1) is 0 Å². The summed E-state index contributed by atoms with van der Waals surface area (Å²) < 4.78 is 5.12. The number of nitro groups is 1. The van der Waals surface area contributed by atoms with Crippen molar-refractivity contribution in [1.29, 1.82) is 0 Å². The summed E-state index contributed by atoms with van der Waals surface area (Å²) in [6.45, 7) is 2.33. The van der Waals surface area contributed by atoms with E-state index in [0.29, 0.717) is 23.9 Å². The van der Waals surface area contributed by atoms with Crippen LogP contribution in [0, 0.1) is 16.0 Å². The zero-order chi connectivity index (χ0) is 14.5. The van der Waals surface area contributed by atoms with Crippen LogP contribution >= 0.6 is 0 Å². The topological polar surface area (TPSA) is 81.6 Å². The average Bonchev–Trinajstić information content (AvgIpc) is 2.47. The van der Waals surface area contributed by atoms with Crippen LogP contribution in [0.5, 0.6) is 5.75 Å². The van der Waals surface area contributed by atoms with E-state index in [1.165, 1.54) is 7.11 Å². The first-order chi connectivity index (χ1) is 9.67. The van der Waals surface area contributed by atoms with Crippen LogP contribution in [0.4, 0.5) is 11.4 Å². The van der Waals surface area contributed by atoms with Crippen molar-refractivity contribution in [1.82, 2.24) is 0 Å². The number of methoxy groups -OCH3 is 1. The van der Waals surface area contributed by atoms with E-state index in [1.54, 1.807) is 18.2 Å². The summed E-state index contributed by atoms with van der Waals surface area (Å²) in [5.41, 5.74) is 6.33. The van der Waals surface area contributed by atoms with Crippen molar-refractivity contribution in [3.05, 3.63) is 28.3 Å². The number of nitro benzene ring substituents is 1. The molecule has 1 aliphatic heterocycles. The first-order valence-corrected chi connectivity index (χ1v) is 6.93. The van der Waals surface area contributed by atoms with Gasteiger partial charge in [-0.2, -0.15) is 0 Å². The third-order valence-electron chi connectivity index (χ3n) is 3.81. The van der Waals surface area contributed by atoms with E-state index in [1.807, 2.05) is 0 Å². The van der Waals surface area contributed by atoms with Gasteiger partial charge in [0, 0.05) is 13.1 Å². The standard InChI is InChI=1S/C14H21N3O3/c1-20-13-6-2-5-12(14(13)17(18)19)16-9-3-4-11(10-16)7-8-15/h2,5-6,11H,3-4,7-10,15H2,1H3. The van der Waals surface area contributed by atoms with E-state index in [4.69, 9.17) is 10.5 Å². The van der Waals surface area contributed by atoms with Crippen molar-refractivity contribution in [3.63, 3.8) is 0 Å². The summed E-state index contributed by atoms with van der Waals surface area (Å²) in [5.74, 6) is 0.827. The molecule has 6 heteroatoms. The van der Waals surface area contributed by atoms with Crippen LogP contribution in [0.2, 0.25) is 0 Å². The summed E-state index contributed by atoms with van der Waals surface area (Å²) in [6.07, 6.45) is 3.15. The van der Waals surface area contributed by atoms with Crippen molar-refractivity contribution in [2.45, 2.75) is 19.3 Å². The highest BCUT2D eigenvalue weighted by Crippen LogP contribution is 2.38. The first kappa shape index (κ1) is 14.6. The second-order valence-electron chi connectivity index (χ2n) is 5.12. The molecule has 0 aliphatic carbocycles. The first-order valence-electron chi connectivity index (χ1n) is 6.93. The molecule has 6 nitrogen and oxygen atoms in total. The molecule has 1 fully saturated rings. The highest BCUT2D eigenvalue weighted by Gasteiger charge is 2.28. The lowest BCUT2D eigenvalue weighted by molar-refractivity contribution is -0.385. The highest BCUT2D eigenvalue weighted by molar-refractivity contribution is 5.70. The van der Waals surface area contributed by atoms with Gasteiger partial charge in [-0.1, -0.05) is 6.07 Å². The number of nitrogens with two attached hydrogens (primary N) is 1. The van der Waals surface area contributed by atoms with Crippen molar-refractivity contribution < 1.29 is 9.66 Å². The minimum atomic E-state index is -0.360. The Bertz CT molecular complexity index is 477. The van der Waals surface area contributed by atoms with E-state index in [-0.39, 0.29) is 10.6 Å². The van der Waals surface area contributed by atoms with Gasteiger partial charge < -0.3 is 15.4 Å². The molecule has 20 heavy (non-hydrogen) atoms. The van der Waals surface area contributed by atoms with Gasteiger partial charge in [0.1, 0.15) is 5.69 Å². The Balaban J connectivity index is 2.29. The van der Waals surface area contributed by atoms with Crippen LogP contribution in [0.15, 0.2) is 18.2 Å². The second kappa shape index (κ2) is 6.56. The maximum Gasteiger partial charge on any atom is 0.333 e. The fraction of sp³-hybridized carbons (Fsp3) is 0.571. The number of hydrogen-bond acceptors (Lipinski definition) is 5. The van der Waals surface area contributed by atoms with Gasteiger partial charge in [0.25, 0.3) is 0 Å². The molecular formula is C14H21N3O3. The molecule has 0 spiro atoms. The Hall–Kier alpha value is -1.82. The van der Waals surface area contributed by atoms with Crippen LogP contribution < -0.4 is 15.4 Å². The normalized spacial score (nSPS) is 18.9. The van der Waals surface area contributed by atoms with Crippen LogP contribution in [-0.2, 0) is 0 Å². The molecule has 1 heterocycles. The predicted octanol–water partition coefficient (Wildman–Crippen LogP) is 2.17.